The Labute approximate surface area is 152 Å². The van der Waals surface area contributed by atoms with E-state index in [1.165, 1.54) is 30.6 Å². The van der Waals surface area contributed by atoms with Gasteiger partial charge in [-0.05, 0) is 50.2 Å². The molecule has 0 aliphatic carbocycles. The number of rotatable bonds is 4. The normalized spacial score (nSPS) is 15.8. The van der Waals surface area contributed by atoms with Crippen molar-refractivity contribution in [3.63, 3.8) is 0 Å². The molecule has 0 bridgehead atoms. The summed E-state index contributed by atoms with van der Waals surface area (Å²) >= 11 is 0. The van der Waals surface area contributed by atoms with E-state index in [1.807, 2.05) is 4.68 Å². The van der Waals surface area contributed by atoms with Crippen LogP contribution in [-0.2, 0) is 0 Å². The third-order valence-corrected chi connectivity index (χ3v) is 4.40. The number of benzene rings is 1. The van der Waals surface area contributed by atoms with Crippen molar-refractivity contribution in [2.24, 2.45) is 0 Å². The van der Waals surface area contributed by atoms with Crippen LogP contribution in [0.15, 0.2) is 36.8 Å². The molecule has 1 aliphatic heterocycles. The number of nitrogens with zero attached hydrogens (tertiary/aromatic N) is 4. The van der Waals surface area contributed by atoms with Crippen molar-refractivity contribution in [2.75, 3.05) is 18.4 Å². The Hall–Kier alpha value is -2.88. The minimum absolute atomic E-state index is 0.278. The van der Waals surface area contributed by atoms with Crippen molar-refractivity contribution >= 4 is 22.5 Å². The molecule has 1 fully saturated rings. The largest absolute Gasteiger partial charge is 0.573 e. The maximum atomic E-state index is 12.3. The van der Waals surface area contributed by atoms with E-state index in [2.05, 4.69) is 30.4 Å². The monoisotopic (exact) mass is 378 g/mol. The van der Waals surface area contributed by atoms with Crippen LogP contribution in [-0.4, -0.2) is 39.2 Å². The molecule has 0 spiro atoms. The lowest BCUT2D eigenvalue weighted by atomic mass is 10.1. The Bertz CT molecular complexity index is 919. The van der Waals surface area contributed by atoms with Crippen LogP contribution in [0.4, 0.5) is 24.7 Å². The van der Waals surface area contributed by atoms with Crippen molar-refractivity contribution in [2.45, 2.75) is 25.2 Å². The summed E-state index contributed by atoms with van der Waals surface area (Å²) in [4.78, 5) is 8.60. The van der Waals surface area contributed by atoms with Gasteiger partial charge in [0, 0.05) is 5.69 Å². The second-order valence-corrected chi connectivity index (χ2v) is 6.23. The summed E-state index contributed by atoms with van der Waals surface area (Å²) in [7, 11) is 0. The molecule has 3 aromatic rings. The average Bonchev–Trinajstić information content (AvgIpc) is 3.08. The molecule has 0 radical (unpaired) electrons. The van der Waals surface area contributed by atoms with E-state index in [0.717, 1.165) is 37.0 Å². The number of hydrogen-bond donors (Lipinski definition) is 2. The van der Waals surface area contributed by atoms with Crippen LogP contribution in [0, 0.1) is 0 Å². The molecule has 142 valence electrons. The maximum absolute atomic E-state index is 12.3. The number of fused-ring (bicyclic) bond motifs is 1. The van der Waals surface area contributed by atoms with E-state index in [0.29, 0.717) is 11.5 Å². The first-order chi connectivity index (χ1) is 13.0. The fraction of sp³-hybridized carbons (Fsp3) is 0.353. The van der Waals surface area contributed by atoms with E-state index in [-0.39, 0.29) is 11.8 Å². The van der Waals surface area contributed by atoms with E-state index in [1.54, 1.807) is 6.20 Å². The highest BCUT2D eigenvalue weighted by molar-refractivity contribution is 5.88. The first-order valence-electron chi connectivity index (χ1n) is 8.51. The van der Waals surface area contributed by atoms with Gasteiger partial charge in [-0.1, -0.05) is 0 Å². The molecule has 3 heterocycles. The number of hydrogen-bond acceptors (Lipinski definition) is 6. The molecule has 4 rings (SSSR count). The highest BCUT2D eigenvalue weighted by atomic mass is 19.4. The predicted molar refractivity (Wildman–Crippen MR) is 92.9 cm³/mol. The van der Waals surface area contributed by atoms with E-state index >= 15 is 0 Å². The van der Waals surface area contributed by atoms with Crippen LogP contribution in [0.25, 0.3) is 11.0 Å². The average molecular weight is 378 g/mol. The second kappa shape index (κ2) is 7.03. The van der Waals surface area contributed by atoms with Crippen LogP contribution in [0.2, 0.25) is 0 Å². The van der Waals surface area contributed by atoms with Crippen molar-refractivity contribution in [1.29, 1.82) is 0 Å². The van der Waals surface area contributed by atoms with Gasteiger partial charge in [0.1, 0.15) is 17.9 Å². The summed E-state index contributed by atoms with van der Waals surface area (Å²) in [6.45, 7) is 1.88. The standard InChI is InChI=1S/C17H17F3N6O/c18-17(19,20)27-13-3-1-11(2-4-13)25-15-14-9-24-26(16(14)23-10-22-15)12-5-7-21-8-6-12/h1-4,9-10,12,21H,5-8H2,(H,22,23,25). The molecule has 0 atom stereocenters. The highest BCUT2D eigenvalue weighted by Crippen LogP contribution is 2.29. The van der Waals surface area contributed by atoms with Crippen molar-refractivity contribution in [3.05, 3.63) is 36.8 Å². The van der Waals surface area contributed by atoms with Crippen molar-refractivity contribution in [1.82, 2.24) is 25.1 Å². The fourth-order valence-electron chi connectivity index (χ4n) is 3.16. The lowest BCUT2D eigenvalue weighted by molar-refractivity contribution is -0.274. The third-order valence-electron chi connectivity index (χ3n) is 4.40. The topological polar surface area (TPSA) is 76.9 Å². The molecule has 0 amide bonds. The van der Waals surface area contributed by atoms with Crippen LogP contribution < -0.4 is 15.4 Å². The Balaban J connectivity index is 1.56. The lowest BCUT2D eigenvalue weighted by Crippen LogP contribution is -2.29. The van der Waals surface area contributed by atoms with Crippen LogP contribution >= 0.6 is 0 Å². The first-order valence-corrected chi connectivity index (χ1v) is 8.51. The van der Waals surface area contributed by atoms with Crippen molar-refractivity contribution in [3.8, 4) is 5.75 Å². The summed E-state index contributed by atoms with van der Waals surface area (Å²) < 4.78 is 42.5. The second-order valence-electron chi connectivity index (χ2n) is 6.23. The van der Waals surface area contributed by atoms with Gasteiger partial charge in [0.15, 0.2) is 5.65 Å². The molecule has 0 saturated carbocycles. The SMILES string of the molecule is FC(F)(F)Oc1ccc(Nc2ncnc3c2cnn3C2CCNCC2)cc1. The minimum atomic E-state index is -4.71. The van der Waals surface area contributed by atoms with Gasteiger partial charge < -0.3 is 15.4 Å². The highest BCUT2D eigenvalue weighted by Gasteiger charge is 2.31. The van der Waals surface area contributed by atoms with Gasteiger partial charge in [-0.2, -0.15) is 5.10 Å². The van der Waals surface area contributed by atoms with Gasteiger partial charge in [0.05, 0.1) is 17.6 Å². The first kappa shape index (κ1) is 17.5. The van der Waals surface area contributed by atoms with Gasteiger partial charge in [-0.15, -0.1) is 13.2 Å². The van der Waals surface area contributed by atoms with Crippen molar-refractivity contribution < 1.29 is 17.9 Å². The fourth-order valence-corrected chi connectivity index (χ4v) is 3.16. The van der Waals surface area contributed by atoms with E-state index in [9.17, 15) is 13.2 Å². The summed E-state index contributed by atoms with van der Waals surface area (Å²) in [6, 6.07) is 5.75. The smallest absolute Gasteiger partial charge is 0.406 e. The quantitative estimate of drug-likeness (QED) is 0.725. The zero-order chi connectivity index (χ0) is 18.9. The Kier molecular flexibility index (Phi) is 4.56. The molecule has 0 unspecified atom stereocenters. The molecule has 1 aliphatic rings. The van der Waals surface area contributed by atoms with Crippen LogP contribution in [0.5, 0.6) is 5.75 Å². The molecule has 1 saturated heterocycles. The molecule has 27 heavy (non-hydrogen) atoms. The van der Waals surface area contributed by atoms with Gasteiger partial charge in [0.25, 0.3) is 0 Å². The van der Waals surface area contributed by atoms with Gasteiger partial charge in [0.2, 0.25) is 0 Å². The molecule has 10 heteroatoms. The molecule has 1 aromatic carbocycles. The Morgan fingerprint density at radius 2 is 1.85 bits per heavy atom. The van der Waals surface area contributed by atoms with Gasteiger partial charge >= 0.3 is 6.36 Å². The summed E-state index contributed by atoms with van der Waals surface area (Å²) in [6.07, 6.45) is 0.400. The Morgan fingerprint density at radius 3 is 2.56 bits per heavy atom. The summed E-state index contributed by atoms with van der Waals surface area (Å²) in [5, 5.41) is 11.7. The summed E-state index contributed by atoms with van der Waals surface area (Å²) in [5.41, 5.74) is 1.32. The van der Waals surface area contributed by atoms with Gasteiger partial charge in [-0.25, -0.2) is 14.6 Å². The maximum Gasteiger partial charge on any atom is 0.573 e. The molecule has 2 aromatic heterocycles. The molecular formula is C17H17F3N6O. The summed E-state index contributed by atoms with van der Waals surface area (Å²) in [5.74, 6) is 0.268. The van der Waals surface area contributed by atoms with Crippen LogP contribution in [0.3, 0.4) is 0 Å². The van der Waals surface area contributed by atoms with Crippen LogP contribution in [0.1, 0.15) is 18.9 Å². The number of alkyl halides is 3. The third kappa shape index (κ3) is 3.95. The number of piperidine rings is 1. The Morgan fingerprint density at radius 1 is 1.11 bits per heavy atom. The zero-order valence-corrected chi connectivity index (χ0v) is 14.2. The number of ether oxygens (including phenoxy) is 1. The van der Waals surface area contributed by atoms with Gasteiger partial charge in [-0.3, -0.25) is 0 Å². The number of aromatic nitrogens is 4. The molecular weight excluding hydrogens is 361 g/mol. The molecule has 7 nitrogen and oxygen atoms in total. The number of nitrogens with one attached hydrogen (secondary N) is 2. The number of halogens is 3. The zero-order valence-electron chi connectivity index (χ0n) is 14.2. The van der Waals surface area contributed by atoms with E-state index < -0.39 is 6.36 Å². The van der Waals surface area contributed by atoms with E-state index in [4.69, 9.17) is 0 Å². The predicted octanol–water partition coefficient (Wildman–Crippen LogP) is 3.39. The number of anilines is 2. The molecule has 2 N–H and O–H groups in total. The lowest BCUT2D eigenvalue weighted by Gasteiger charge is -2.23. The minimum Gasteiger partial charge on any atom is -0.406 e.